The van der Waals surface area contributed by atoms with Gasteiger partial charge in [-0.2, -0.15) is 5.26 Å². The van der Waals surface area contributed by atoms with E-state index in [0.29, 0.717) is 11.1 Å². The molecule has 4 heteroatoms. The third-order valence-corrected chi connectivity index (χ3v) is 2.25. The molecule has 1 unspecified atom stereocenters. The maximum atomic E-state index is 13.0. The Morgan fingerprint density at radius 3 is 2.85 bits per heavy atom. The van der Waals surface area contributed by atoms with Crippen LogP contribution in [0.3, 0.4) is 0 Å². The summed E-state index contributed by atoms with van der Waals surface area (Å²) in [7, 11) is -1.09. The lowest BCUT2D eigenvalue weighted by molar-refractivity contribution is 0.615. The van der Waals surface area contributed by atoms with Crippen molar-refractivity contribution in [1.29, 1.82) is 5.26 Å². The Labute approximate surface area is 78.5 Å². The van der Waals surface area contributed by atoms with Crippen LogP contribution in [-0.2, 0) is 16.6 Å². The van der Waals surface area contributed by atoms with E-state index in [1.54, 1.807) is 0 Å². The molecule has 0 amide bonds. The van der Waals surface area contributed by atoms with Gasteiger partial charge in [0.05, 0.1) is 17.4 Å². The topological polar surface area (TPSA) is 40.9 Å². The highest BCUT2D eigenvalue weighted by Gasteiger charge is 2.04. The number of halogens is 1. The predicted octanol–water partition coefficient (Wildman–Crippen LogP) is 1.58. The molecule has 0 radical (unpaired) electrons. The summed E-state index contributed by atoms with van der Waals surface area (Å²) in [6.07, 6.45) is 1.50. The SMILES string of the molecule is CS(=O)Cc1cc(C#N)ccc1F. The molecule has 0 bridgehead atoms. The van der Waals surface area contributed by atoms with Crippen molar-refractivity contribution in [2.75, 3.05) is 6.26 Å². The second-order valence-electron chi connectivity index (χ2n) is 2.64. The van der Waals surface area contributed by atoms with Crippen LogP contribution in [0.2, 0.25) is 0 Å². The van der Waals surface area contributed by atoms with E-state index in [0.717, 1.165) is 0 Å². The summed E-state index contributed by atoms with van der Waals surface area (Å²) in [5.74, 6) is -0.254. The minimum absolute atomic E-state index is 0.154. The summed E-state index contributed by atoms with van der Waals surface area (Å²) in [6, 6.07) is 5.95. The lowest BCUT2D eigenvalue weighted by Gasteiger charge is -2.00. The summed E-state index contributed by atoms with van der Waals surface area (Å²) in [5.41, 5.74) is 0.724. The van der Waals surface area contributed by atoms with Gasteiger partial charge in [0.2, 0.25) is 0 Å². The van der Waals surface area contributed by atoms with E-state index in [-0.39, 0.29) is 5.75 Å². The van der Waals surface area contributed by atoms with Crippen LogP contribution in [-0.4, -0.2) is 10.5 Å². The van der Waals surface area contributed by atoms with Crippen LogP contribution in [0.25, 0.3) is 0 Å². The van der Waals surface area contributed by atoms with E-state index in [4.69, 9.17) is 5.26 Å². The van der Waals surface area contributed by atoms with Crippen LogP contribution in [0.1, 0.15) is 11.1 Å². The van der Waals surface area contributed by atoms with Crippen molar-refractivity contribution in [3.05, 3.63) is 35.1 Å². The molecule has 0 saturated heterocycles. The molecule has 0 aromatic heterocycles. The molecule has 1 rings (SSSR count). The van der Waals surface area contributed by atoms with E-state index < -0.39 is 16.6 Å². The van der Waals surface area contributed by atoms with Gasteiger partial charge in [-0.05, 0) is 18.2 Å². The number of rotatable bonds is 2. The third-order valence-electron chi connectivity index (χ3n) is 1.53. The fourth-order valence-corrected chi connectivity index (χ4v) is 1.63. The quantitative estimate of drug-likeness (QED) is 0.722. The van der Waals surface area contributed by atoms with Crippen molar-refractivity contribution in [1.82, 2.24) is 0 Å². The molecule has 0 aliphatic heterocycles. The first-order valence-corrected chi connectivity index (χ1v) is 5.34. The highest BCUT2D eigenvalue weighted by atomic mass is 32.2. The Hall–Kier alpha value is -1.21. The zero-order chi connectivity index (χ0) is 9.84. The second kappa shape index (κ2) is 4.15. The molecular formula is C9H8FNOS. The zero-order valence-electron chi connectivity index (χ0n) is 7.08. The summed E-state index contributed by atoms with van der Waals surface area (Å²) in [4.78, 5) is 0. The first-order valence-electron chi connectivity index (χ1n) is 3.62. The average Bonchev–Trinajstić information content (AvgIpc) is 2.08. The van der Waals surface area contributed by atoms with Gasteiger partial charge < -0.3 is 0 Å². The molecule has 0 aliphatic carbocycles. The van der Waals surface area contributed by atoms with Crippen LogP contribution < -0.4 is 0 Å². The minimum atomic E-state index is -1.09. The molecular weight excluding hydrogens is 189 g/mol. The van der Waals surface area contributed by atoms with Crippen LogP contribution in [0.15, 0.2) is 18.2 Å². The van der Waals surface area contributed by atoms with Crippen molar-refractivity contribution in [3.8, 4) is 6.07 Å². The van der Waals surface area contributed by atoms with Crippen LogP contribution in [0, 0.1) is 17.1 Å². The highest BCUT2D eigenvalue weighted by Crippen LogP contribution is 2.11. The Bertz CT molecular complexity index is 384. The van der Waals surface area contributed by atoms with Gasteiger partial charge in [0.25, 0.3) is 0 Å². The lowest BCUT2D eigenvalue weighted by Crippen LogP contribution is -1.96. The zero-order valence-corrected chi connectivity index (χ0v) is 7.90. The van der Waals surface area contributed by atoms with E-state index >= 15 is 0 Å². The molecule has 13 heavy (non-hydrogen) atoms. The Morgan fingerprint density at radius 1 is 1.62 bits per heavy atom. The van der Waals surface area contributed by atoms with Gasteiger partial charge in [-0.25, -0.2) is 4.39 Å². The molecule has 0 spiro atoms. The summed E-state index contributed by atoms with van der Waals surface area (Å²) < 4.78 is 23.8. The summed E-state index contributed by atoms with van der Waals surface area (Å²) >= 11 is 0. The van der Waals surface area contributed by atoms with Gasteiger partial charge >= 0.3 is 0 Å². The molecule has 68 valence electrons. The molecule has 1 aromatic carbocycles. The molecule has 0 fully saturated rings. The fraction of sp³-hybridized carbons (Fsp3) is 0.222. The lowest BCUT2D eigenvalue weighted by atomic mass is 10.1. The molecule has 1 atom stereocenters. The molecule has 0 heterocycles. The standard InChI is InChI=1S/C9H8FNOS/c1-13(12)6-8-4-7(5-11)2-3-9(8)10/h2-4H,6H2,1H3. The van der Waals surface area contributed by atoms with Crippen molar-refractivity contribution in [3.63, 3.8) is 0 Å². The Balaban J connectivity index is 3.05. The van der Waals surface area contributed by atoms with Gasteiger partial charge in [0.1, 0.15) is 5.82 Å². The summed E-state index contributed by atoms with van der Waals surface area (Å²) in [6.45, 7) is 0. The number of nitrogens with zero attached hydrogens (tertiary/aromatic N) is 1. The molecule has 0 N–H and O–H groups in total. The Kier molecular flexibility index (Phi) is 3.15. The number of nitriles is 1. The first-order chi connectivity index (χ1) is 6.13. The van der Waals surface area contributed by atoms with Crippen LogP contribution >= 0.6 is 0 Å². The van der Waals surface area contributed by atoms with Crippen molar-refractivity contribution in [2.24, 2.45) is 0 Å². The van der Waals surface area contributed by atoms with Gasteiger partial charge in [-0.15, -0.1) is 0 Å². The van der Waals surface area contributed by atoms with Crippen molar-refractivity contribution < 1.29 is 8.60 Å². The largest absolute Gasteiger partial charge is 0.260 e. The molecule has 0 saturated carbocycles. The van der Waals surface area contributed by atoms with Gasteiger partial charge in [0.15, 0.2) is 0 Å². The third kappa shape index (κ3) is 2.63. The van der Waals surface area contributed by atoms with Crippen molar-refractivity contribution in [2.45, 2.75) is 5.75 Å². The van der Waals surface area contributed by atoms with Crippen molar-refractivity contribution >= 4 is 10.8 Å². The van der Waals surface area contributed by atoms with Crippen LogP contribution in [0.5, 0.6) is 0 Å². The van der Waals surface area contributed by atoms with Crippen LogP contribution in [0.4, 0.5) is 4.39 Å². The number of hydrogen-bond acceptors (Lipinski definition) is 2. The maximum absolute atomic E-state index is 13.0. The normalized spacial score (nSPS) is 12.1. The monoisotopic (exact) mass is 197 g/mol. The molecule has 1 aromatic rings. The smallest absolute Gasteiger partial charge is 0.127 e. The van der Waals surface area contributed by atoms with Gasteiger partial charge in [-0.3, -0.25) is 4.21 Å². The Morgan fingerprint density at radius 2 is 2.31 bits per heavy atom. The number of benzene rings is 1. The highest BCUT2D eigenvalue weighted by molar-refractivity contribution is 7.83. The predicted molar refractivity (Wildman–Crippen MR) is 48.9 cm³/mol. The minimum Gasteiger partial charge on any atom is -0.260 e. The van der Waals surface area contributed by atoms with E-state index in [2.05, 4.69) is 0 Å². The second-order valence-corrected chi connectivity index (χ2v) is 4.07. The molecule has 2 nitrogen and oxygen atoms in total. The van der Waals surface area contributed by atoms with E-state index in [1.807, 2.05) is 6.07 Å². The average molecular weight is 197 g/mol. The fourth-order valence-electron chi connectivity index (χ4n) is 0.974. The van der Waals surface area contributed by atoms with Gasteiger partial charge in [0, 0.05) is 22.6 Å². The number of hydrogen-bond donors (Lipinski definition) is 0. The van der Waals surface area contributed by atoms with E-state index in [1.165, 1.54) is 24.5 Å². The first kappa shape index (κ1) is 9.87. The van der Waals surface area contributed by atoms with E-state index in [9.17, 15) is 8.60 Å². The van der Waals surface area contributed by atoms with Gasteiger partial charge in [-0.1, -0.05) is 0 Å². The summed E-state index contributed by atoms with van der Waals surface area (Å²) in [5, 5.41) is 8.54. The maximum Gasteiger partial charge on any atom is 0.127 e. The molecule has 0 aliphatic rings.